The lowest BCUT2D eigenvalue weighted by molar-refractivity contribution is 0.0600. The number of esters is 1. The van der Waals surface area contributed by atoms with Gasteiger partial charge in [-0.3, -0.25) is 9.29 Å². The molecule has 2 aromatic carbocycles. The van der Waals surface area contributed by atoms with E-state index in [2.05, 4.69) is 4.98 Å². The molecule has 0 saturated heterocycles. The van der Waals surface area contributed by atoms with Gasteiger partial charge in [0.05, 0.1) is 24.9 Å². The fourth-order valence-electron chi connectivity index (χ4n) is 3.28. The number of benzene rings is 2. The second-order valence-corrected chi connectivity index (χ2v) is 9.75. The smallest absolute Gasteiger partial charge is 0.337 e. The number of hydrogen-bond donors (Lipinski definition) is 0. The van der Waals surface area contributed by atoms with Crippen molar-refractivity contribution in [3.8, 4) is 5.75 Å². The van der Waals surface area contributed by atoms with Gasteiger partial charge in [-0.2, -0.15) is 0 Å². The third-order valence-corrected chi connectivity index (χ3v) is 7.02. The predicted octanol–water partition coefficient (Wildman–Crippen LogP) is 4.62. The van der Waals surface area contributed by atoms with Gasteiger partial charge in [-0.25, -0.2) is 17.6 Å². The molecule has 0 spiro atoms. The van der Waals surface area contributed by atoms with Crippen LogP contribution in [0.2, 0.25) is 0 Å². The molecule has 1 aromatic heterocycles. The van der Waals surface area contributed by atoms with Gasteiger partial charge >= 0.3 is 5.97 Å². The monoisotopic (exact) mass is 486 g/mol. The number of methoxy groups -OCH3 is 1. The Morgan fingerprint density at radius 1 is 1.12 bits per heavy atom. The summed E-state index contributed by atoms with van der Waals surface area (Å²) in [5.74, 6) is -0.145. The van der Waals surface area contributed by atoms with E-state index >= 15 is 0 Å². The number of rotatable bonds is 9. The molecule has 0 amide bonds. The van der Waals surface area contributed by atoms with Gasteiger partial charge in [-0.1, -0.05) is 12.1 Å². The highest BCUT2D eigenvalue weighted by atomic mass is 32.2. The molecule has 1 unspecified atom stereocenters. The summed E-state index contributed by atoms with van der Waals surface area (Å²) in [6.45, 7) is 4.76. The number of halogens is 1. The second kappa shape index (κ2) is 10.6. The van der Waals surface area contributed by atoms with Gasteiger partial charge in [-0.05, 0) is 73.9 Å². The standard InChI is InChI=1S/C25H27FN2O5S/c1-17-12-23(28(15-19(3)26)34(30,31)22-6-5-11-27-14-22)24(13-18(17)2)33-16-20-7-9-21(10-8-20)25(29)32-4/h5-14,19H,15-16H2,1-4H3. The van der Waals surface area contributed by atoms with Crippen molar-refractivity contribution in [1.29, 1.82) is 0 Å². The maximum absolute atomic E-state index is 14.2. The average molecular weight is 487 g/mol. The van der Waals surface area contributed by atoms with E-state index < -0.39 is 22.2 Å². The molecule has 0 bridgehead atoms. The van der Waals surface area contributed by atoms with Crippen molar-refractivity contribution in [1.82, 2.24) is 4.98 Å². The number of sulfonamides is 1. The molecule has 7 nitrogen and oxygen atoms in total. The normalized spacial score (nSPS) is 12.1. The van der Waals surface area contributed by atoms with Crippen LogP contribution in [0.15, 0.2) is 65.8 Å². The van der Waals surface area contributed by atoms with E-state index in [0.29, 0.717) is 11.3 Å². The molecule has 3 aromatic rings. The summed E-state index contributed by atoms with van der Waals surface area (Å²) < 4.78 is 52.8. The molecule has 34 heavy (non-hydrogen) atoms. The minimum atomic E-state index is -4.10. The van der Waals surface area contributed by atoms with Crippen LogP contribution in [0.3, 0.4) is 0 Å². The van der Waals surface area contributed by atoms with Crippen molar-refractivity contribution in [3.05, 3.63) is 83.2 Å². The topological polar surface area (TPSA) is 85.8 Å². The van der Waals surface area contributed by atoms with E-state index in [4.69, 9.17) is 9.47 Å². The number of hydrogen-bond acceptors (Lipinski definition) is 6. The largest absolute Gasteiger partial charge is 0.487 e. The van der Waals surface area contributed by atoms with Gasteiger partial charge in [0.1, 0.15) is 23.4 Å². The molecule has 3 rings (SSSR count). The number of carbonyl (C=O) groups is 1. The Balaban J connectivity index is 1.99. The van der Waals surface area contributed by atoms with E-state index in [1.165, 1.54) is 38.6 Å². The van der Waals surface area contributed by atoms with E-state index in [1.807, 2.05) is 13.8 Å². The maximum atomic E-state index is 14.2. The first kappa shape index (κ1) is 25.2. The Kier molecular flexibility index (Phi) is 7.88. The van der Waals surface area contributed by atoms with E-state index in [-0.39, 0.29) is 23.7 Å². The van der Waals surface area contributed by atoms with Crippen LogP contribution in [-0.4, -0.2) is 39.2 Å². The molecule has 0 aliphatic rings. The fraction of sp³-hybridized carbons (Fsp3) is 0.280. The first-order valence-corrected chi connectivity index (χ1v) is 12.1. The molecule has 1 atom stereocenters. The van der Waals surface area contributed by atoms with Crippen molar-refractivity contribution >= 4 is 21.7 Å². The van der Waals surface area contributed by atoms with E-state index in [0.717, 1.165) is 21.0 Å². The number of anilines is 1. The zero-order valence-corrected chi connectivity index (χ0v) is 20.3. The number of alkyl halides is 1. The zero-order chi connectivity index (χ0) is 24.9. The van der Waals surface area contributed by atoms with Crippen molar-refractivity contribution in [2.45, 2.75) is 38.4 Å². The van der Waals surface area contributed by atoms with Gasteiger partial charge in [0, 0.05) is 12.4 Å². The summed E-state index contributed by atoms with van der Waals surface area (Å²) in [4.78, 5) is 15.5. The Labute approximate surface area is 199 Å². The molecule has 0 saturated carbocycles. The summed E-state index contributed by atoms with van der Waals surface area (Å²) in [5.41, 5.74) is 3.14. The van der Waals surface area contributed by atoms with E-state index in [1.54, 1.807) is 36.4 Å². The van der Waals surface area contributed by atoms with Crippen LogP contribution in [0.25, 0.3) is 0 Å². The molecular formula is C25H27FN2O5S. The van der Waals surface area contributed by atoms with Crippen molar-refractivity contribution < 1.29 is 27.1 Å². The first-order valence-electron chi connectivity index (χ1n) is 10.6. The highest BCUT2D eigenvalue weighted by Crippen LogP contribution is 2.36. The summed E-state index contributed by atoms with van der Waals surface area (Å²) in [6, 6.07) is 13.0. The number of carbonyl (C=O) groups excluding carboxylic acids is 1. The maximum Gasteiger partial charge on any atom is 0.337 e. The van der Waals surface area contributed by atoms with E-state index in [9.17, 15) is 17.6 Å². The minimum Gasteiger partial charge on any atom is -0.487 e. The molecule has 0 fully saturated rings. The molecule has 0 aliphatic carbocycles. The molecule has 0 N–H and O–H groups in total. The Bertz CT molecular complexity index is 1250. The number of aromatic nitrogens is 1. The zero-order valence-electron chi connectivity index (χ0n) is 19.5. The van der Waals surface area contributed by atoms with Crippen LogP contribution in [0.1, 0.15) is 34.0 Å². The third-order valence-electron chi connectivity index (χ3n) is 5.25. The fourth-order valence-corrected chi connectivity index (χ4v) is 4.78. The van der Waals surface area contributed by atoms with Crippen molar-refractivity contribution in [3.63, 3.8) is 0 Å². The van der Waals surface area contributed by atoms with Gasteiger partial charge in [-0.15, -0.1) is 0 Å². The molecule has 0 aliphatic heterocycles. The Morgan fingerprint density at radius 2 is 1.79 bits per heavy atom. The van der Waals surface area contributed by atoms with Crippen LogP contribution in [0.5, 0.6) is 5.75 Å². The van der Waals surface area contributed by atoms with Crippen LogP contribution >= 0.6 is 0 Å². The summed E-state index contributed by atoms with van der Waals surface area (Å²) in [6.07, 6.45) is 1.28. The highest BCUT2D eigenvalue weighted by Gasteiger charge is 2.29. The molecule has 1 heterocycles. The van der Waals surface area contributed by atoms with Crippen molar-refractivity contribution in [2.75, 3.05) is 18.0 Å². The number of aryl methyl sites for hydroxylation is 2. The lowest BCUT2D eigenvalue weighted by atomic mass is 10.1. The number of ether oxygens (including phenoxy) is 2. The molecule has 9 heteroatoms. The predicted molar refractivity (Wildman–Crippen MR) is 127 cm³/mol. The summed E-state index contributed by atoms with van der Waals surface area (Å²) in [5, 5.41) is 0. The lowest BCUT2D eigenvalue weighted by Crippen LogP contribution is -2.36. The average Bonchev–Trinajstić information content (AvgIpc) is 2.83. The van der Waals surface area contributed by atoms with Crippen LogP contribution < -0.4 is 9.04 Å². The second-order valence-electron chi connectivity index (χ2n) is 7.89. The Hall–Kier alpha value is -3.46. The Morgan fingerprint density at radius 3 is 2.38 bits per heavy atom. The highest BCUT2D eigenvalue weighted by molar-refractivity contribution is 7.92. The number of pyridine rings is 1. The summed E-state index contributed by atoms with van der Waals surface area (Å²) in [7, 11) is -2.79. The van der Waals surface area contributed by atoms with Gasteiger partial charge in [0.25, 0.3) is 10.0 Å². The summed E-state index contributed by atoms with van der Waals surface area (Å²) >= 11 is 0. The first-order chi connectivity index (χ1) is 16.1. The lowest BCUT2D eigenvalue weighted by Gasteiger charge is -2.27. The molecule has 180 valence electrons. The molecule has 0 radical (unpaired) electrons. The third kappa shape index (κ3) is 5.72. The molecular weight excluding hydrogens is 459 g/mol. The van der Waals surface area contributed by atoms with Crippen LogP contribution in [-0.2, 0) is 21.4 Å². The van der Waals surface area contributed by atoms with Gasteiger partial charge in [0.2, 0.25) is 0 Å². The SMILES string of the molecule is COC(=O)c1ccc(COc2cc(C)c(C)cc2N(CC(C)F)S(=O)(=O)c2cccnc2)cc1. The number of nitrogens with zero attached hydrogens (tertiary/aromatic N) is 2. The van der Waals surface area contributed by atoms with Crippen LogP contribution in [0, 0.1) is 13.8 Å². The quantitative estimate of drug-likeness (QED) is 0.411. The van der Waals surface area contributed by atoms with Crippen molar-refractivity contribution in [2.24, 2.45) is 0 Å². The van der Waals surface area contributed by atoms with Crippen LogP contribution in [0.4, 0.5) is 10.1 Å². The van der Waals surface area contributed by atoms with Gasteiger partial charge < -0.3 is 9.47 Å². The van der Waals surface area contributed by atoms with Gasteiger partial charge in [0.15, 0.2) is 0 Å². The minimum absolute atomic E-state index is 0.0433.